The summed E-state index contributed by atoms with van der Waals surface area (Å²) in [6, 6.07) is 0.296. The van der Waals surface area contributed by atoms with E-state index in [1.807, 2.05) is 10.8 Å². The maximum absolute atomic E-state index is 5.71. The minimum Gasteiger partial charge on any atom is -0.376 e. The molecule has 2 rings (SSSR count). The highest BCUT2D eigenvalue weighted by molar-refractivity contribution is 5.18. The first kappa shape index (κ1) is 8.56. The van der Waals surface area contributed by atoms with Gasteiger partial charge in [0.1, 0.15) is 0 Å². The molecule has 1 aromatic heterocycles. The van der Waals surface area contributed by atoms with E-state index in [-0.39, 0.29) is 0 Å². The lowest BCUT2D eigenvalue weighted by Gasteiger charge is -2.20. The minimum atomic E-state index is 0.296. The lowest BCUT2D eigenvalue weighted by molar-refractivity contribution is 0.0739. The molecule has 2 N–H and O–H groups in total. The largest absolute Gasteiger partial charge is 0.376 e. The summed E-state index contributed by atoms with van der Waals surface area (Å²) in [5, 5.41) is 0. The second-order valence-electron chi connectivity index (χ2n) is 3.48. The van der Waals surface area contributed by atoms with E-state index in [4.69, 9.17) is 10.5 Å². The average molecular weight is 181 g/mol. The highest BCUT2D eigenvalue weighted by Crippen LogP contribution is 2.25. The second kappa shape index (κ2) is 3.38. The third kappa shape index (κ3) is 1.54. The number of nitrogens with two attached hydrogens (primary N) is 1. The van der Waals surface area contributed by atoms with Crippen LogP contribution in [0.5, 0.6) is 0 Å². The van der Waals surface area contributed by atoms with Gasteiger partial charge in [0.15, 0.2) is 5.95 Å². The molecule has 2 unspecified atom stereocenters. The first-order chi connectivity index (χ1) is 6.29. The van der Waals surface area contributed by atoms with Gasteiger partial charge in [-0.1, -0.05) is 0 Å². The van der Waals surface area contributed by atoms with Gasteiger partial charge in [0.05, 0.1) is 12.1 Å². The number of imidazole rings is 1. The number of ether oxygens (including phenoxy) is 1. The van der Waals surface area contributed by atoms with Crippen molar-refractivity contribution in [2.75, 3.05) is 12.3 Å². The Balaban J connectivity index is 2.12. The van der Waals surface area contributed by atoms with E-state index in [1.165, 1.54) is 0 Å². The number of hydrogen-bond acceptors (Lipinski definition) is 3. The van der Waals surface area contributed by atoms with Crippen LogP contribution in [0.3, 0.4) is 0 Å². The Kier molecular flexibility index (Phi) is 2.22. The van der Waals surface area contributed by atoms with Gasteiger partial charge in [-0.05, 0) is 19.8 Å². The van der Waals surface area contributed by atoms with Crippen molar-refractivity contribution in [3.8, 4) is 0 Å². The van der Waals surface area contributed by atoms with Gasteiger partial charge >= 0.3 is 0 Å². The topological polar surface area (TPSA) is 53.1 Å². The Bertz CT molecular complexity index is 278. The predicted octanol–water partition coefficient (Wildman–Crippen LogP) is 1.21. The molecule has 0 aromatic carbocycles. The van der Waals surface area contributed by atoms with Crippen LogP contribution in [-0.4, -0.2) is 22.3 Å². The standard InChI is InChI=1S/C9H15N3O/c1-7(8-3-2-6-13-8)12-5-4-11-9(12)10/h4-5,7-8H,2-3,6H2,1H3,(H2,10,11). The van der Waals surface area contributed by atoms with E-state index in [9.17, 15) is 0 Å². The molecule has 1 aliphatic rings. The number of rotatable bonds is 2. The van der Waals surface area contributed by atoms with Gasteiger partial charge in [-0.25, -0.2) is 4.98 Å². The van der Waals surface area contributed by atoms with Crippen molar-refractivity contribution in [2.45, 2.75) is 31.9 Å². The average Bonchev–Trinajstić information content (AvgIpc) is 2.72. The van der Waals surface area contributed by atoms with Gasteiger partial charge in [-0.3, -0.25) is 0 Å². The minimum absolute atomic E-state index is 0.296. The molecule has 0 bridgehead atoms. The number of nitrogen functional groups attached to an aromatic ring is 1. The van der Waals surface area contributed by atoms with E-state index in [0.29, 0.717) is 18.1 Å². The van der Waals surface area contributed by atoms with Crippen LogP contribution in [0.25, 0.3) is 0 Å². The van der Waals surface area contributed by atoms with Crippen LogP contribution in [0.2, 0.25) is 0 Å². The molecule has 1 aromatic rings. The third-order valence-corrected chi connectivity index (χ3v) is 2.64. The lowest BCUT2D eigenvalue weighted by Crippen LogP contribution is -2.21. The molecule has 2 heterocycles. The van der Waals surface area contributed by atoms with Crippen LogP contribution < -0.4 is 5.73 Å². The van der Waals surface area contributed by atoms with Gasteiger partial charge in [0, 0.05) is 19.0 Å². The molecule has 0 aliphatic carbocycles. The van der Waals surface area contributed by atoms with Gasteiger partial charge in [0.2, 0.25) is 0 Å². The molecule has 2 atom stereocenters. The number of aromatic nitrogens is 2. The van der Waals surface area contributed by atoms with Gasteiger partial charge in [-0.2, -0.15) is 0 Å². The molecule has 1 aliphatic heterocycles. The van der Waals surface area contributed by atoms with E-state index < -0.39 is 0 Å². The van der Waals surface area contributed by atoms with Crippen LogP contribution >= 0.6 is 0 Å². The fourth-order valence-corrected chi connectivity index (χ4v) is 1.83. The molecule has 72 valence electrons. The first-order valence-electron chi connectivity index (χ1n) is 4.69. The van der Waals surface area contributed by atoms with Crippen molar-refractivity contribution in [3.05, 3.63) is 12.4 Å². The summed E-state index contributed by atoms with van der Waals surface area (Å²) in [5.74, 6) is 0.572. The molecule has 0 saturated carbocycles. The highest BCUT2D eigenvalue weighted by Gasteiger charge is 2.24. The molecule has 0 radical (unpaired) electrons. The quantitative estimate of drug-likeness (QED) is 0.746. The monoisotopic (exact) mass is 181 g/mol. The zero-order valence-corrected chi connectivity index (χ0v) is 7.81. The molecule has 0 spiro atoms. The van der Waals surface area contributed by atoms with Crippen LogP contribution in [-0.2, 0) is 4.74 Å². The summed E-state index contributed by atoms with van der Waals surface area (Å²) in [7, 11) is 0. The predicted molar refractivity (Wildman–Crippen MR) is 50.3 cm³/mol. The Morgan fingerprint density at radius 1 is 1.77 bits per heavy atom. The Labute approximate surface area is 77.7 Å². The number of nitrogens with zero attached hydrogens (tertiary/aromatic N) is 2. The molecule has 4 nitrogen and oxygen atoms in total. The van der Waals surface area contributed by atoms with Crippen molar-refractivity contribution < 1.29 is 4.74 Å². The van der Waals surface area contributed by atoms with Crippen LogP contribution in [0.1, 0.15) is 25.8 Å². The molecular formula is C9H15N3O. The molecule has 1 fully saturated rings. The first-order valence-corrected chi connectivity index (χ1v) is 4.69. The molecule has 1 saturated heterocycles. The lowest BCUT2D eigenvalue weighted by atomic mass is 10.1. The maximum atomic E-state index is 5.71. The van der Waals surface area contributed by atoms with E-state index in [2.05, 4.69) is 11.9 Å². The normalized spacial score (nSPS) is 24.8. The Morgan fingerprint density at radius 3 is 3.15 bits per heavy atom. The zero-order valence-electron chi connectivity index (χ0n) is 7.81. The van der Waals surface area contributed by atoms with Crippen molar-refractivity contribution in [2.24, 2.45) is 0 Å². The van der Waals surface area contributed by atoms with E-state index in [0.717, 1.165) is 19.4 Å². The molecule has 13 heavy (non-hydrogen) atoms. The summed E-state index contributed by atoms with van der Waals surface area (Å²) < 4.78 is 7.56. The summed E-state index contributed by atoms with van der Waals surface area (Å²) in [4.78, 5) is 3.99. The van der Waals surface area contributed by atoms with E-state index >= 15 is 0 Å². The summed E-state index contributed by atoms with van der Waals surface area (Å²) in [6.07, 6.45) is 6.21. The maximum Gasteiger partial charge on any atom is 0.200 e. The fourth-order valence-electron chi connectivity index (χ4n) is 1.83. The van der Waals surface area contributed by atoms with Gasteiger partial charge < -0.3 is 15.0 Å². The Hall–Kier alpha value is -1.03. The molecular weight excluding hydrogens is 166 g/mol. The Morgan fingerprint density at radius 2 is 2.62 bits per heavy atom. The van der Waals surface area contributed by atoms with Crippen molar-refractivity contribution in [1.82, 2.24) is 9.55 Å². The van der Waals surface area contributed by atoms with Crippen molar-refractivity contribution >= 4 is 5.95 Å². The zero-order chi connectivity index (χ0) is 9.26. The number of hydrogen-bond donors (Lipinski definition) is 1. The van der Waals surface area contributed by atoms with Crippen molar-refractivity contribution in [3.63, 3.8) is 0 Å². The number of anilines is 1. The summed E-state index contributed by atoms with van der Waals surface area (Å²) in [5.41, 5.74) is 5.71. The smallest absolute Gasteiger partial charge is 0.200 e. The SMILES string of the molecule is CC(C1CCCO1)n1ccnc1N. The summed E-state index contributed by atoms with van der Waals surface area (Å²) >= 11 is 0. The van der Waals surface area contributed by atoms with Crippen molar-refractivity contribution in [1.29, 1.82) is 0 Å². The summed E-state index contributed by atoms with van der Waals surface area (Å²) in [6.45, 7) is 3.00. The second-order valence-corrected chi connectivity index (χ2v) is 3.48. The van der Waals surface area contributed by atoms with Gasteiger partial charge in [0.25, 0.3) is 0 Å². The third-order valence-electron chi connectivity index (χ3n) is 2.64. The van der Waals surface area contributed by atoms with E-state index in [1.54, 1.807) is 6.20 Å². The molecule has 0 amide bonds. The molecule has 4 heteroatoms. The highest BCUT2D eigenvalue weighted by atomic mass is 16.5. The van der Waals surface area contributed by atoms with Gasteiger partial charge in [-0.15, -0.1) is 0 Å². The van der Waals surface area contributed by atoms with Crippen LogP contribution in [0.15, 0.2) is 12.4 Å². The fraction of sp³-hybridized carbons (Fsp3) is 0.667. The van der Waals surface area contributed by atoms with Crippen LogP contribution in [0, 0.1) is 0 Å². The van der Waals surface area contributed by atoms with Crippen LogP contribution in [0.4, 0.5) is 5.95 Å².